The summed E-state index contributed by atoms with van der Waals surface area (Å²) in [5, 5.41) is 10.7. The number of carboxylic acids is 1. The third-order valence-corrected chi connectivity index (χ3v) is 4.06. The Morgan fingerprint density at radius 3 is 2.52 bits per heavy atom. The number of carbonyl (C=O) groups is 1. The number of carboxylic acid groups (broad SMARTS) is 1. The van der Waals surface area contributed by atoms with Gasteiger partial charge < -0.3 is 20.1 Å². The molecule has 2 heterocycles. The smallest absolute Gasteiger partial charge is 0.421 e. The van der Waals surface area contributed by atoms with Crippen LogP contribution in [0.2, 0.25) is 0 Å². The third kappa shape index (κ3) is 7.26. The normalized spacial score (nSPS) is 16.6. The van der Waals surface area contributed by atoms with Gasteiger partial charge in [0.15, 0.2) is 0 Å². The van der Waals surface area contributed by atoms with Gasteiger partial charge in [0.05, 0.1) is 0 Å². The van der Waals surface area contributed by atoms with E-state index in [2.05, 4.69) is 10.3 Å². The number of hydrogen-bond acceptors (Lipinski definition) is 5. The van der Waals surface area contributed by atoms with Crippen molar-refractivity contribution >= 4 is 11.8 Å². The number of hydrogen-bond donors (Lipinski definition) is 2. The summed E-state index contributed by atoms with van der Waals surface area (Å²) < 4.78 is 45.2. The van der Waals surface area contributed by atoms with Crippen LogP contribution in [-0.4, -0.2) is 41.7 Å². The van der Waals surface area contributed by atoms with Gasteiger partial charge in [0.1, 0.15) is 18.0 Å². The molecule has 29 heavy (non-hydrogen) atoms. The van der Waals surface area contributed by atoms with Crippen LogP contribution in [0.15, 0.2) is 42.5 Å². The van der Waals surface area contributed by atoms with Gasteiger partial charge in [0, 0.05) is 32.6 Å². The standard InChI is InChI=1S/C18H20F3N3O.C2H4O2/c1-13-11-24(10-9-22-13)16-8-7-15(18(19,20)21)17(23-16)25-12-14-5-3-2-4-6-14;1-2(3)4/h2-8,13,22H,9-12H2,1H3;1H3,(H,3,4)/t13-;/m1./s1. The predicted octanol–water partition coefficient (Wildman–Crippen LogP) is 3.57. The van der Waals surface area contributed by atoms with E-state index in [1.165, 1.54) is 6.07 Å². The molecule has 0 amide bonds. The fourth-order valence-corrected chi connectivity index (χ4v) is 2.80. The molecule has 3 rings (SSSR count). The summed E-state index contributed by atoms with van der Waals surface area (Å²) in [5.41, 5.74) is -0.0611. The number of anilines is 1. The van der Waals surface area contributed by atoms with Crippen molar-refractivity contribution in [2.75, 3.05) is 24.5 Å². The van der Waals surface area contributed by atoms with E-state index < -0.39 is 17.7 Å². The summed E-state index contributed by atoms with van der Waals surface area (Å²) in [4.78, 5) is 15.1. The zero-order chi connectivity index (χ0) is 21.4. The van der Waals surface area contributed by atoms with Crippen molar-refractivity contribution in [2.24, 2.45) is 0 Å². The molecule has 0 unspecified atom stereocenters. The predicted molar refractivity (Wildman–Crippen MR) is 103 cm³/mol. The lowest BCUT2D eigenvalue weighted by Crippen LogP contribution is -2.49. The number of pyridine rings is 1. The molecule has 158 valence electrons. The van der Waals surface area contributed by atoms with Crippen LogP contribution in [0.4, 0.5) is 19.0 Å². The summed E-state index contributed by atoms with van der Waals surface area (Å²) >= 11 is 0. The lowest BCUT2D eigenvalue weighted by molar-refractivity contribution is -0.139. The third-order valence-electron chi connectivity index (χ3n) is 4.06. The first kappa shape index (κ1) is 22.5. The van der Waals surface area contributed by atoms with Crippen LogP contribution in [0.1, 0.15) is 25.0 Å². The van der Waals surface area contributed by atoms with Crippen LogP contribution >= 0.6 is 0 Å². The highest BCUT2D eigenvalue weighted by Crippen LogP contribution is 2.36. The first-order chi connectivity index (χ1) is 13.7. The molecule has 1 aliphatic rings. The number of rotatable bonds is 4. The summed E-state index contributed by atoms with van der Waals surface area (Å²) in [7, 11) is 0. The minimum absolute atomic E-state index is 0.0400. The van der Waals surface area contributed by atoms with Crippen molar-refractivity contribution in [3.8, 4) is 5.88 Å². The number of ether oxygens (including phenoxy) is 1. The van der Waals surface area contributed by atoms with Crippen LogP contribution in [0.3, 0.4) is 0 Å². The number of halogens is 3. The summed E-state index contributed by atoms with van der Waals surface area (Å²) in [6.45, 7) is 5.31. The van der Waals surface area contributed by atoms with Crippen molar-refractivity contribution < 1.29 is 27.8 Å². The minimum atomic E-state index is -4.51. The molecule has 1 atom stereocenters. The molecule has 6 nitrogen and oxygen atoms in total. The van der Waals surface area contributed by atoms with Gasteiger partial charge >= 0.3 is 6.18 Å². The van der Waals surface area contributed by atoms with E-state index in [1.807, 2.05) is 30.0 Å². The molecule has 1 aromatic heterocycles. The largest absolute Gasteiger partial charge is 0.481 e. The fraction of sp³-hybridized carbons (Fsp3) is 0.400. The van der Waals surface area contributed by atoms with E-state index in [0.717, 1.165) is 25.1 Å². The van der Waals surface area contributed by atoms with Gasteiger partial charge in [-0.25, -0.2) is 0 Å². The van der Waals surface area contributed by atoms with E-state index in [1.54, 1.807) is 12.1 Å². The number of aromatic nitrogens is 1. The Labute approximate surface area is 167 Å². The molecular weight excluding hydrogens is 387 g/mol. The maximum absolute atomic E-state index is 13.3. The van der Waals surface area contributed by atoms with Gasteiger partial charge in [-0.2, -0.15) is 18.2 Å². The molecule has 0 bridgehead atoms. The van der Waals surface area contributed by atoms with E-state index in [0.29, 0.717) is 18.9 Å². The molecule has 0 radical (unpaired) electrons. The monoisotopic (exact) mass is 411 g/mol. The Morgan fingerprint density at radius 2 is 1.93 bits per heavy atom. The number of nitrogens with one attached hydrogen (secondary N) is 1. The maximum Gasteiger partial charge on any atom is 0.421 e. The van der Waals surface area contributed by atoms with Crippen molar-refractivity contribution in [2.45, 2.75) is 32.7 Å². The SMILES string of the molecule is CC(=O)O.C[C@@H]1CN(c2ccc(C(F)(F)F)c(OCc3ccccc3)n2)CCN1. The van der Waals surface area contributed by atoms with E-state index >= 15 is 0 Å². The average Bonchev–Trinajstić information content (AvgIpc) is 2.66. The first-order valence-electron chi connectivity index (χ1n) is 9.09. The number of alkyl halides is 3. The Morgan fingerprint density at radius 1 is 1.28 bits per heavy atom. The van der Waals surface area contributed by atoms with Gasteiger partial charge in [0.2, 0.25) is 5.88 Å². The molecule has 1 aromatic carbocycles. The number of nitrogens with zero attached hydrogens (tertiary/aromatic N) is 2. The Balaban J connectivity index is 0.000000687. The Bertz CT molecular complexity index is 797. The summed E-state index contributed by atoms with van der Waals surface area (Å²) in [6.07, 6.45) is -4.51. The number of aliphatic carboxylic acids is 1. The van der Waals surface area contributed by atoms with Crippen LogP contribution in [-0.2, 0) is 17.6 Å². The quantitative estimate of drug-likeness (QED) is 0.801. The van der Waals surface area contributed by atoms with Crippen LogP contribution in [0.25, 0.3) is 0 Å². The van der Waals surface area contributed by atoms with Crippen LogP contribution in [0, 0.1) is 0 Å². The second kappa shape index (κ2) is 10.1. The molecule has 0 spiro atoms. The molecule has 2 N–H and O–H groups in total. The minimum Gasteiger partial charge on any atom is -0.481 e. The molecular formula is C20H24F3N3O3. The lowest BCUT2D eigenvalue weighted by Gasteiger charge is -2.33. The molecule has 0 aliphatic carbocycles. The second-order valence-corrected chi connectivity index (χ2v) is 6.61. The van der Waals surface area contributed by atoms with Crippen LogP contribution < -0.4 is 15.0 Å². The van der Waals surface area contributed by atoms with Crippen molar-refractivity contribution in [1.29, 1.82) is 0 Å². The van der Waals surface area contributed by atoms with Gasteiger partial charge in [-0.1, -0.05) is 30.3 Å². The van der Waals surface area contributed by atoms with Crippen LogP contribution in [0.5, 0.6) is 5.88 Å². The Kier molecular flexibility index (Phi) is 7.83. The van der Waals surface area contributed by atoms with Gasteiger partial charge in [-0.05, 0) is 24.6 Å². The number of benzene rings is 1. The van der Waals surface area contributed by atoms with E-state index in [-0.39, 0.29) is 18.5 Å². The lowest BCUT2D eigenvalue weighted by atomic mass is 10.2. The zero-order valence-corrected chi connectivity index (χ0v) is 16.2. The van der Waals surface area contributed by atoms with Gasteiger partial charge in [-0.3, -0.25) is 4.79 Å². The highest BCUT2D eigenvalue weighted by Gasteiger charge is 2.36. The van der Waals surface area contributed by atoms with E-state index in [4.69, 9.17) is 14.6 Å². The molecule has 1 aliphatic heterocycles. The topological polar surface area (TPSA) is 74.7 Å². The number of piperazine rings is 1. The Hall–Kier alpha value is -2.81. The average molecular weight is 411 g/mol. The van der Waals surface area contributed by atoms with Crippen molar-refractivity contribution in [1.82, 2.24) is 10.3 Å². The van der Waals surface area contributed by atoms with E-state index in [9.17, 15) is 13.2 Å². The fourth-order valence-electron chi connectivity index (χ4n) is 2.80. The summed E-state index contributed by atoms with van der Waals surface area (Å²) in [6, 6.07) is 11.8. The van der Waals surface area contributed by atoms with Crippen molar-refractivity contribution in [3.63, 3.8) is 0 Å². The van der Waals surface area contributed by atoms with Crippen molar-refractivity contribution in [3.05, 3.63) is 53.6 Å². The molecule has 1 fully saturated rings. The zero-order valence-electron chi connectivity index (χ0n) is 16.2. The van der Waals surface area contributed by atoms with Gasteiger partial charge in [-0.15, -0.1) is 0 Å². The highest BCUT2D eigenvalue weighted by molar-refractivity contribution is 5.62. The molecule has 0 saturated carbocycles. The maximum atomic E-state index is 13.3. The first-order valence-corrected chi connectivity index (χ1v) is 9.09. The molecule has 9 heteroatoms. The highest BCUT2D eigenvalue weighted by atomic mass is 19.4. The van der Waals surface area contributed by atoms with Gasteiger partial charge in [0.25, 0.3) is 5.97 Å². The summed E-state index contributed by atoms with van der Waals surface area (Å²) in [5.74, 6) is -0.704. The molecule has 2 aromatic rings. The second-order valence-electron chi connectivity index (χ2n) is 6.61. The molecule has 1 saturated heterocycles.